The molecule has 4 atom stereocenters. The van der Waals surface area contributed by atoms with E-state index in [-0.39, 0.29) is 48.0 Å². The molecule has 23 heavy (non-hydrogen) atoms. The Morgan fingerprint density at radius 2 is 1.78 bits per heavy atom. The standard InChI is InChI=1S/C13H18F2O6S.Na/c14-13(15,22(18,19)20)10(16)21-7-11-2-8-1-9(3-11)5-12(17,4-8)6-11;/h8-9,17H,1-7H2,(H,18,19,20);/q;+1/p-1/t8-,9+,11?,12?;. The number of carbonyl (C=O) groups excluding carboxylic acids is 1. The van der Waals surface area contributed by atoms with Crippen LogP contribution < -0.4 is 29.6 Å². The number of alkyl halides is 2. The van der Waals surface area contributed by atoms with E-state index in [0.29, 0.717) is 32.1 Å². The molecule has 6 nitrogen and oxygen atoms in total. The van der Waals surface area contributed by atoms with Crippen LogP contribution in [0.5, 0.6) is 0 Å². The van der Waals surface area contributed by atoms with Gasteiger partial charge in [-0.05, 0) is 50.4 Å². The zero-order valence-electron chi connectivity index (χ0n) is 12.8. The Labute approximate surface area is 155 Å². The third-order valence-electron chi connectivity index (χ3n) is 5.21. The number of halogens is 2. The summed E-state index contributed by atoms with van der Waals surface area (Å²) in [6, 6.07) is 0. The summed E-state index contributed by atoms with van der Waals surface area (Å²) < 4.78 is 62.0. The predicted octanol–water partition coefficient (Wildman–Crippen LogP) is -2.00. The van der Waals surface area contributed by atoms with E-state index in [1.54, 1.807) is 0 Å². The van der Waals surface area contributed by atoms with E-state index in [4.69, 9.17) is 0 Å². The summed E-state index contributed by atoms with van der Waals surface area (Å²) in [5.74, 6) is -1.78. The van der Waals surface area contributed by atoms with E-state index < -0.39 is 32.4 Å². The SMILES string of the molecule is O=C(OCC12C[C@@H]3C[C@@H](CC(O)(C3)C1)C2)C(F)(F)S(=O)(=O)[O-].[Na+]. The number of ether oxygens (including phenoxy) is 1. The van der Waals surface area contributed by atoms with E-state index in [1.165, 1.54) is 0 Å². The molecular weight excluding hydrogens is 345 g/mol. The van der Waals surface area contributed by atoms with Crippen molar-refractivity contribution in [2.24, 2.45) is 17.3 Å². The summed E-state index contributed by atoms with van der Waals surface area (Å²) in [6.45, 7) is -0.383. The van der Waals surface area contributed by atoms with Gasteiger partial charge in [0.2, 0.25) is 0 Å². The van der Waals surface area contributed by atoms with Gasteiger partial charge < -0.3 is 14.4 Å². The third kappa shape index (κ3) is 3.46. The van der Waals surface area contributed by atoms with Gasteiger partial charge in [-0.25, -0.2) is 13.2 Å². The first-order valence-corrected chi connectivity index (χ1v) is 8.59. The summed E-state index contributed by atoms with van der Waals surface area (Å²) in [5.41, 5.74) is -1.43. The molecule has 4 bridgehead atoms. The third-order valence-corrected chi connectivity index (χ3v) is 6.01. The van der Waals surface area contributed by atoms with Crippen LogP contribution >= 0.6 is 0 Å². The molecule has 0 heterocycles. The molecule has 10 heteroatoms. The first-order valence-electron chi connectivity index (χ1n) is 7.18. The van der Waals surface area contributed by atoms with Gasteiger partial charge >= 0.3 is 40.8 Å². The molecule has 0 aromatic rings. The maximum atomic E-state index is 13.1. The number of aliphatic hydroxyl groups is 1. The minimum atomic E-state index is -6.10. The monoisotopic (exact) mass is 362 g/mol. The van der Waals surface area contributed by atoms with Crippen LogP contribution in [0.4, 0.5) is 8.78 Å². The van der Waals surface area contributed by atoms with Gasteiger partial charge in [0.05, 0.1) is 12.2 Å². The Kier molecular flexibility index (Phi) is 4.99. The van der Waals surface area contributed by atoms with Gasteiger partial charge in [0.25, 0.3) is 0 Å². The molecule has 0 amide bonds. The van der Waals surface area contributed by atoms with Gasteiger partial charge in [-0.2, -0.15) is 8.78 Å². The van der Waals surface area contributed by atoms with Gasteiger partial charge in [-0.1, -0.05) is 0 Å². The second kappa shape index (κ2) is 5.88. The second-order valence-electron chi connectivity index (χ2n) is 7.23. The smallest absolute Gasteiger partial charge is 0.743 e. The Morgan fingerprint density at radius 1 is 1.26 bits per heavy atom. The number of carbonyl (C=O) groups is 1. The predicted molar refractivity (Wildman–Crippen MR) is 67.7 cm³/mol. The van der Waals surface area contributed by atoms with Crippen LogP contribution in [0.15, 0.2) is 0 Å². The Morgan fingerprint density at radius 3 is 2.22 bits per heavy atom. The molecular formula is C13H17F2NaO6S. The fourth-order valence-corrected chi connectivity index (χ4v) is 5.24. The van der Waals surface area contributed by atoms with Gasteiger partial charge in [-0.3, -0.25) is 0 Å². The van der Waals surface area contributed by atoms with E-state index in [1.807, 2.05) is 0 Å². The molecule has 0 saturated heterocycles. The molecule has 4 aliphatic carbocycles. The fourth-order valence-electron chi connectivity index (χ4n) is 4.98. The number of hydrogen-bond acceptors (Lipinski definition) is 6. The Bertz CT molecular complexity index is 594. The topological polar surface area (TPSA) is 104 Å². The van der Waals surface area contributed by atoms with E-state index in [9.17, 15) is 31.7 Å². The first-order chi connectivity index (χ1) is 9.95. The second-order valence-corrected chi connectivity index (χ2v) is 8.65. The molecule has 0 aromatic heterocycles. The van der Waals surface area contributed by atoms with Crippen molar-refractivity contribution < 1.29 is 65.9 Å². The summed E-state index contributed by atoms with van der Waals surface area (Å²) in [5, 5.41) is 5.41. The Hall–Kier alpha value is 0.200. The van der Waals surface area contributed by atoms with Crippen LogP contribution in [0, 0.1) is 17.3 Å². The van der Waals surface area contributed by atoms with Crippen LogP contribution in [0.2, 0.25) is 0 Å². The number of esters is 1. The molecule has 4 aliphatic rings. The van der Waals surface area contributed by atoms with Crippen LogP contribution in [0.1, 0.15) is 38.5 Å². The van der Waals surface area contributed by atoms with Crippen molar-refractivity contribution in [3.63, 3.8) is 0 Å². The van der Waals surface area contributed by atoms with Crippen molar-refractivity contribution in [2.75, 3.05) is 6.61 Å². The number of hydrogen-bond donors (Lipinski definition) is 1. The summed E-state index contributed by atoms with van der Waals surface area (Å²) >= 11 is 0. The molecule has 0 spiro atoms. The van der Waals surface area contributed by atoms with E-state index in [0.717, 1.165) is 6.42 Å². The largest absolute Gasteiger partial charge is 1.00 e. The summed E-state index contributed by atoms with van der Waals surface area (Å²) in [7, 11) is -6.10. The van der Waals surface area contributed by atoms with Crippen LogP contribution in [-0.4, -0.2) is 41.5 Å². The molecule has 0 aliphatic heterocycles. The van der Waals surface area contributed by atoms with Gasteiger partial charge in [0.15, 0.2) is 10.1 Å². The van der Waals surface area contributed by atoms with Crippen molar-refractivity contribution in [1.82, 2.24) is 0 Å². The Balaban J connectivity index is 0.00000192. The minimum Gasteiger partial charge on any atom is -0.743 e. The molecule has 2 unspecified atom stereocenters. The van der Waals surface area contributed by atoms with Crippen molar-refractivity contribution in [1.29, 1.82) is 0 Å². The van der Waals surface area contributed by atoms with Crippen molar-refractivity contribution in [3.8, 4) is 0 Å². The zero-order chi connectivity index (χ0) is 16.4. The van der Waals surface area contributed by atoms with Crippen molar-refractivity contribution >= 4 is 16.1 Å². The van der Waals surface area contributed by atoms with Crippen molar-refractivity contribution in [3.05, 3.63) is 0 Å². The summed E-state index contributed by atoms with van der Waals surface area (Å²) in [4.78, 5) is 11.3. The van der Waals surface area contributed by atoms with Crippen molar-refractivity contribution in [2.45, 2.75) is 49.4 Å². The van der Waals surface area contributed by atoms with Crippen LogP contribution in [-0.2, 0) is 19.6 Å². The fraction of sp³-hybridized carbons (Fsp3) is 0.923. The molecule has 4 saturated carbocycles. The maximum absolute atomic E-state index is 13.1. The number of rotatable bonds is 4. The molecule has 1 N–H and O–H groups in total. The molecule has 126 valence electrons. The molecule has 4 fully saturated rings. The summed E-state index contributed by atoms with van der Waals surface area (Å²) in [6.07, 6.45) is 4.00. The quantitative estimate of drug-likeness (QED) is 0.353. The maximum Gasteiger partial charge on any atom is 1.00 e. The van der Waals surface area contributed by atoms with Gasteiger partial charge in [0.1, 0.15) is 0 Å². The molecule has 0 radical (unpaired) electrons. The van der Waals surface area contributed by atoms with E-state index in [2.05, 4.69) is 4.74 Å². The first kappa shape index (κ1) is 19.5. The average Bonchev–Trinajstić information content (AvgIpc) is 2.31. The molecule has 0 aromatic carbocycles. The minimum absolute atomic E-state index is 0. The molecule has 4 rings (SSSR count). The van der Waals surface area contributed by atoms with E-state index >= 15 is 0 Å². The zero-order valence-corrected chi connectivity index (χ0v) is 15.6. The normalized spacial score (nSPS) is 39.0. The van der Waals surface area contributed by atoms with Gasteiger partial charge in [-0.15, -0.1) is 0 Å². The van der Waals surface area contributed by atoms with Crippen LogP contribution in [0.25, 0.3) is 0 Å². The van der Waals surface area contributed by atoms with Crippen LogP contribution in [0.3, 0.4) is 0 Å². The average molecular weight is 362 g/mol. The van der Waals surface area contributed by atoms with Gasteiger partial charge in [0, 0.05) is 5.41 Å².